The van der Waals surface area contributed by atoms with Crippen LogP contribution in [0.15, 0.2) is 18.2 Å². The molecule has 19 heavy (non-hydrogen) atoms. The average molecular weight is 278 g/mol. The van der Waals surface area contributed by atoms with Crippen LogP contribution in [0.25, 0.3) is 0 Å². The first kappa shape index (κ1) is 13.6. The van der Waals surface area contributed by atoms with Crippen molar-refractivity contribution in [1.29, 1.82) is 0 Å². The Balaban J connectivity index is 2.31. The molecule has 0 aliphatic carbocycles. The Kier molecular flexibility index (Phi) is 3.90. The number of rotatable bonds is 3. The number of hydrogen-bond donors (Lipinski definition) is 1. The largest absolute Gasteiger partial charge is 0.496 e. The third kappa shape index (κ3) is 2.79. The molecule has 1 N–H and O–H groups in total. The summed E-state index contributed by atoms with van der Waals surface area (Å²) < 4.78 is 5.24. The molecule has 100 valence electrons. The zero-order chi connectivity index (χ0) is 14.0. The Morgan fingerprint density at radius 3 is 2.47 bits per heavy atom. The summed E-state index contributed by atoms with van der Waals surface area (Å²) in [5.74, 6) is 1.58. The molecule has 0 radical (unpaired) electrons. The van der Waals surface area contributed by atoms with Crippen molar-refractivity contribution in [2.24, 2.45) is 0 Å². The van der Waals surface area contributed by atoms with Gasteiger partial charge in [0.1, 0.15) is 5.75 Å². The van der Waals surface area contributed by atoms with E-state index in [0.29, 0.717) is 11.0 Å². The van der Waals surface area contributed by atoms with Gasteiger partial charge in [0.25, 0.3) is 0 Å². The molecular formula is C14H16ClN3O. The van der Waals surface area contributed by atoms with Gasteiger partial charge in [0.15, 0.2) is 11.0 Å². The minimum absolute atomic E-state index is 0.439. The first-order valence-electron chi connectivity index (χ1n) is 5.94. The van der Waals surface area contributed by atoms with Gasteiger partial charge < -0.3 is 10.1 Å². The predicted octanol–water partition coefficient (Wildman–Crippen LogP) is 3.81. The second-order valence-electron chi connectivity index (χ2n) is 4.40. The van der Waals surface area contributed by atoms with Crippen LogP contribution in [-0.2, 0) is 0 Å². The SMILES string of the molecule is COc1ccc(Nc2nnc(Cl)c(C)c2C)cc1C. The van der Waals surface area contributed by atoms with Gasteiger partial charge in [-0.05, 0) is 55.7 Å². The second-order valence-corrected chi connectivity index (χ2v) is 4.76. The number of nitrogens with zero attached hydrogens (tertiary/aromatic N) is 2. The topological polar surface area (TPSA) is 47.0 Å². The van der Waals surface area contributed by atoms with Crippen LogP contribution in [0, 0.1) is 20.8 Å². The van der Waals surface area contributed by atoms with E-state index in [4.69, 9.17) is 16.3 Å². The van der Waals surface area contributed by atoms with E-state index < -0.39 is 0 Å². The quantitative estimate of drug-likeness (QED) is 0.927. The van der Waals surface area contributed by atoms with Crippen LogP contribution < -0.4 is 10.1 Å². The molecule has 1 aromatic carbocycles. The molecule has 0 aliphatic rings. The maximum Gasteiger partial charge on any atom is 0.156 e. The highest BCUT2D eigenvalue weighted by atomic mass is 35.5. The summed E-state index contributed by atoms with van der Waals surface area (Å²) >= 11 is 5.94. The minimum atomic E-state index is 0.439. The van der Waals surface area contributed by atoms with Gasteiger partial charge in [-0.15, -0.1) is 10.2 Å². The van der Waals surface area contributed by atoms with Crippen LogP contribution in [0.2, 0.25) is 5.15 Å². The Bertz CT molecular complexity index is 614. The fraction of sp³-hybridized carbons (Fsp3) is 0.286. The molecule has 2 rings (SSSR count). The van der Waals surface area contributed by atoms with E-state index in [1.807, 2.05) is 39.0 Å². The number of aryl methyl sites for hydroxylation is 1. The normalized spacial score (nSPS) is 10.4. The number of ether oxygens (including phenoxy) is 1. The lowest BCUT2D eigenvalue weighted by molar-refractivity contribution is 0.412. The molecule has 5 heteroatoms. The standard InChI is InChI=1S/C14H16ClN3O/c1-8-7-11(5-6-12(8)19-4)16-14-10(3)9(2)13(15)17-18-14/h5-7H,1-4H3,(H,16,18). The monoisotopic (exact) mass is 277 g/mol. The Morgan fingerprint density at radius 2 is 1.84 bits per heavy atom. The molecule has 0 saturated heterocycles. The predicted molar refractivity (Wildman–Crippen MR) is 77.5 cm³/mol. The summed E-state index contributed by atoms with van der Waals surface area (Å²) in [5.41, 5.74) is 3.93. The van der Waals surface area contributed by atoms with Crippen molar-refractivity contribution in [3.63, 3.8) is 0 Å². The average Bonchev–Trinajstić information content (AvgIpc) is 2.40. The number of anilines is 2. The summed E-state index contributed by atoms with van der Waals surface area (Å²) in [7, 11) is 1.66. The molecule has 0 fully saturated rings. The highest BCUT2D eigenvalue weighted by molar-refractivity contribution is 6.30. The lowest BCUT2D eigenvalue weighted by atomic mass is 10.1. The number of nitrogens with one attached hydrogen (secondary N) is 1. The van der Waals surface area contributed by atoms with Crippen LogP contribution in [-0.4, -0.2) is 17.3 Å². The summed E-state index contributed by atoms with van der Waals surface area (Å²) in [4.78, 5) is 0. The van der Waals surface area contributed by atoms with Crippen molar-refractivity contribution >= 4 is 23.1 Å². The van der Waals surface area contributed by atoms with Crippen LogP contribution in [0.4, 0.5) is 11.5 Å². The van der Waals surface area contributed by atoms with Gasteiger partial charge in [0.2, 0.25) is 0 Å². The van der Waals surface area contributed by atoms with Crippen molar-refractivity contribution in [2.75, 3.05) is 12.4 Å². The van der Waals surface area contributed by atoms with Gasteiger partial charge in [0, 0.05) is 5.69 Å². The highest BCUT2D eigenvalue weighted by Crippen LogP contribution is 2.26. The maximum absolute atomic E-state index is 5.94. The van der Waals surface area contributed by atoms with Crippen molar-refractivity contribution in [3.8, 4) is 5.75 Å². The summed E-state index contributed by atoms with van der Waals surface area (Å²) in [6.45, 7) is 5.89. The smallest absolute Gasteiger partial charge is 0.156 e. The fourth-order valence-corrected chi connectivity index (χ4v) is 1.97. The van der Waals surface area contributed by atoms with Gasteiger partial charge in [-0.1, -0.05) is 11.6 Å². The lowest BCUT2D eigenvalue weighted by Gasteiger charge is -2.12. The zero-order valence-corrected chi connectivity index (χ0v) is 12.2. The molecule has 4 nitrogen and oxygen atoms in total. The number of methoxy groups -OCH3 is 1. The Labute approximate surface area is 117 Å². The first-order chi connectivity index (χ1) is 9.02. The van der Waals surface area contributed by atoms with Gasteiger partial charge >= 0.3 is 0 Å². The van der Waals surface area contributed by atoms with E-state index >= 15 is 0 Å². The van der Waals surface area contributed by atoms with Crippen molar-refractivity contribution in [3.05, 3.63) is 40.0 Å². The molecule has 0 saturated carbocycles. The molecule has 0 unspecified atom stereocenters. The van der Waals surface area contributed by atoms with E-state index in [0.717, 1.165) is 28.1 Å². The Hall–Kier alpha value is -1.81. The van der Waals surface area contributed by atoms with E-state index in [-0.39, 0.29) is 0 Å². The second kappa shape index (κ2) is 5.45. The van der Waals surface area contributed by atoms with Crippen molar-refractivity contribution in [2.45, 2.75) is 20.8 Å². The zero-order valence-electron chi connectivity index (χ0n) is 11.4. The van der Waals surface area contributed by atoms with Gasteiger partial charge in [0.05, 0.1) is 7.11 Å². The van der Waals surface area contributed by atoms with Gasteiger partial charge in [-0.2, -0.15) is 0 Å². The van der Waals surface area contributed by atoms with E-state index in [2.05, 4.69) is 15.5 Å². The third-order valence-electron chi connectivity index (χ3n) is 3.12. The fourth-order valence-electron chi connectivity index (χ4n) is 1.79. The molecule has 0 aliphatic heterocycles. The molecule has 0 amide bonds. The molecule has 2 aromatic rings. The van der Waals surface area contributed by atoms with Crippen LogP contribution in [0.1, 0.15) is 16.7 Å². The van der Waals surface area contributed by atoms with Gasteiger partial charge in [-0.3, -0.25) is 0 Å². The minimum Gasteiger partial charge on any atom is -0.496 e. The molecule has 0 bridgehead atoms. The van der Waals surface area contributed by atoms with Crippen molar-refractivity contribution in [1.82, 2.24) is 10.2 Å². The van der Waals surface area contributed by atoms with Gasteiger partial charge in [-0.25, -0.2) is 0 Å². The van der Waals surface area contributed by atoms with E-state index in [1.54, 1.807) is 7.11 Å². The third-order valence-corrected chi connectivity index (χ3v) is 3.48. The van der Waals surface area contributed by atoms with Crippen molar-refractivity contribution < 1.29 is 4.74 Å². The molecule has 0 atom stereocenters. The number of benzene rings is 1. The van der Waals surface area contributed by atoms with Crippen LogP contribution >= 0.6 is 11.6 Å². The van der Waals surface area contributed by atoms with Crippen LogP contribution in [0.3, 0.4) is 0 Å². The summed E-state index contributed by atoms with van der Waals surface area (Å²) in [6.07, 6.45) is 0. The number of hydrogen-bond acceptors (Lipinski definition) is 4. The van der Waals surface area contributed by atoms with Crippen LogP contribution in [0.5, 0.6) is 5.75 Å². The molecule has 1 heterocycles. The Morgan fingerprint density at radius 1 is 1.11 bits per heavy atom. The van der Waals surface area contributed by atoms with E-state index in [1.165, 1.54) is 0 Å². The molecule has 1 aromatic heterocycles. The molecule has 0 spiro atoms. The summed E-state index contributed by atoms with van der Waals surface area (Å²) in [6, 6.07) is 5.87. The van der Waals surface area contributed by atoms with E-state index in [9.17, 15) is 0 Å². The molecular weight excluding hydrogens is 262 g/mol. The highest BCUT2D eigenvalue weighted by Gasteiger charge is 2.09. The maximum atomic E-state index is 5.94. The first-order valence-corrected chi connectivity index (χ1v) is 6.31. The lowest BCUT2D eigenvalue weighted by Crippen LogP contribution is -2.01. The number of aromatic nitrogens is 2. The summed E-state index contributed by atoms with van der Waals surface area (Å²) in [5, 5.41) is 11.7. The number of halogens is 1.